The van der Waals surface area contributed by atoms with Crippen molar-refractivity contribution in [3.63, 3.8) is 0 Å². The number of hydrogen-bond acceptors (Lipinski definition) is 2. The Morgan fingerprint density at radius 2 is 1.03 bits per heavy atom. The minimum atomic E-state index is 0.662. The van der Waals surface area contributed by atoms with Crippen molar-refractivity contribution in [3.8, 4) is 22.6 Å². The number of para-hydroxylation sites is 2. The predicted molar refractivity (Wildman–Crippen MR) is 164 cm³/mol. The van der Waals surface area contributed by atoms with E-state index in [-0.39, 0.29) is 0 Å². The molecule has 2 heteroatoms. The minimum Gasteiger partial charge on any atom is -0.436 e. The fourth-order valence-electron chi connectivity index (χ4n) is 6.49. The van der Waals surface area contributed by atoms with E-state index in [4.69, 9.17) is 9.40 Å². The minimum absolute atomic E-state index is 0.662. The van der Waals surface area contributed by atoms with E-state index in [0.29, 0.717) is 5.89 Å². The average molecular weight is 496 g/mol. The quantitative estimate of drug-likeness (QED) is 0.223. The Hall–Kier alpha value is -5.21. The number of rotatable bonds is 2. The van der Waals surface area contributed by atoms with E-state index < -0.39 is 0 Å². The summed E-state index contributed by atoms with van der Waals surface area (Å²) in [5.41, 5.74) is 5.23. The SMILES string of the molecule is c1ccc2c(c1)cc(-c1ccc3ccc4c(-c5nc6ccccc6o5)ccc5ccc1c3c54)c1ccccc12. The van der Waals surface area contributed by atoms with Crippen LogP contribution in [0.2, 0.25) is 0 Å². The first kappa shape index (κ1) is 20.8. The van der Waals surface area contributed by atoms with Crippen LogP contribution in [0.25, 0.3) is 87.5 Å². The lowest BCUT2D eigenvalue weighted by Gasteiger charge is -2.17. The molecule has 0 unspecified atom stereocenters. The summed E-state index contributed by atoms with van der Waals surface area (Å²) < 4.78 is 6.22. The van der Waals surface area contributed by atoms with E-state index in [1.165, 1.54) is 59.6 Å². The van der Waals surface area contributed by atoms with E-state index in [1.54, 1.807) is 0 Å². The van der Waals surface area contributed by atoms with E-state index in [0.717, 1.165) is 22.0 Å². The highest BCUT2D eigenvalue weighted by Gasteiger charge is 2.18. The van der Waals surface area contributed by atoms with Crippen LogP contribution in [0.3, 0.4) is 0 Å². The highest BCUT2D eigenvalue weighted by molar-refractivity contribution is 6.28. The maximum atomic E-state index is 6.22. The fourth-order valence-corrected chi connectivity index (χ4v) is 6.49. The third-order valence-electron chi connectivity index (χ3n) is 8.25. The Morgan fingerprint density at radius 1 is 0.410 bits per heavy atom. The Balaban J connectivity index is 1.38. The molecule has 39 heavy (non-hydrogen) atoms. The lowest BCUT2D eigenvalue weighted by atomic mass is 9.86. The highest BCUT2D eigenvalue weighted by atomic mass is 16.3. The maximum absolute atomic E-state index is 6.22. The van der Waals surface area contributed by atoms with Gasteiger partial charge in [0.2, 0.25) is 5.89 Å². The Kier molecular flexibility index (Phi) is 4.08. The molecule has 0 N–H and O–H groups in total. The van der Waals surface area contributed by atoms with Crippen molar-refractivity contribution in [1.29, 1.82) is 0 Å². The molecule has 0 fully saturated rings. The van der Waals surface area contributed by atoms with Crippen molar-refractivity contribution in [1.82, 2.24) is 4.98 Å². The first-order chi connectivity index (χ1) is 19.3. The molecule has 9 rings (SSSR count). The molecule has 0 bridgehead atoms. The van der Waals surface area contributed by atoms with E-state index in [1.807, 2.05) is 24.3 Å². The van der Waals surface area contributed by atoms with Gasteiger partial charge in [-0.05, 0) is 89.3 Å². The van der Waals surface area contributed by atoms with Crippen LogP contribution in [0.5, 0.6) is 0 Å². The number of oxazole rings is 1. The molecular formula is C37H21NO. The van der Waals surface area contributed by atoms with Gasteiger partial charge in [0, 0.05) is 5.56 Å². The molecule has 0 amide bonds. The van der Waals surface area contributed by atoms with Gasteiger partial charge in [0.25, 0.3) is 0 Å². The maximum Gasteiger partial charge on any atom is 0.227 e. The second-order valence-corrected chi connectivity index (χ2v) is 10.3. The van der Waals surface area contributed by atoms with Gasteiger partial charge in [-0.15, -0.1) is 0 Å². The van der Waals surface area contributed by atoms with E-state index in [9.17, 15) is 0 Å². The summed E-state index contributed by atoms with van der Waals surface area (Å²) in [6.45, 7) is 0. The summed E-state index contributed by atoms with van der Waals surface area (Å²) in [4.78, 5) is 4.83. The monoisotopic (exact) mass is 495 g/mol. The lowest BCUT2D eigenvalue weighted by molar-refractivity contribution is 0.620. The Bertz CT molecular complexity index is 2360. The van der Waals surface area contributed by atoms with E-state index in [2.05, 4.69) is 103 Å². The predicted octanol–water partition coefficient (Wildman–Crippen LogP) is 10.4. The molecule has 1 heterocycles. The van der Waals surface area contributed by atoms with Crippen molar-refractivity contribution in [2.24, 2.45) is 0 Å². The molecular weight excluding hydrogens is 474 g/mol. The third kappa shape index (κ3) is 2.89. The van der Waals surface area contributed by atoms with Crippen LogP contribution in [-0.2, 0) is 0 Å². The van der Waals surface area contributed by atoms with Crippen LogP contribution < -0.4 is 0 Å². The molecule has 0 saturated heterocycles. The number of aromatic nitrogens is 1. The molecule has 0 atom stereocenters. The smallest absolute Gasteiger partial charge is 0.227 e. The van der Waals surface area contributed by atoms with Crippen molar-refractivity contribution < 1.29 is 4.42 Å². The van der Waals surface area contributed by atoms with Gasteiger partial charge in [0.05, 0.1) is 0 Å². The molecule has 2 nitrogen and oxygen atoms in total. The molecule has 0 aliphatic carbocycles. The molecule has 0 radical (unpaired) electrons. The van der Waals surface area contributed by atoms with Crippen molar-refractivity contribution in [2.75, 3.05) is 0 Å². The summed E-state index contributed by atoms with van der Waals surface area (Å²) >= 11 is 0. The summed E-state index contributed by atoms with van der Waals surface area (Å²) in [6.07, 6.45) is 0. The normalized spacial score (nSPS) is 12.1. The zero-order chi connectivity index (χ0) is 25.5. The fraction of sp³-hybridized carbons (Fsp3) is 0. The van der Waals surface area contributed by atoms with Crippen molar-refractivity contribution >= 4 is 65.0 Å². The molecule has 0 aliphatic rings. The van der Waals surface area contributed by atoms with Gasteiger partial charge in [0.15, 0.2) is 5.58 Å². The van der Waals surface area contributed by atoms with E-state index >= 15 is 0 Å². The largest absolute Gasteiger partial charge is 0.436 e. The third-order valence-corrected chi connectivity index (χ3v) is 8.25. The second-order valence-electron chi connectivity index (χ2n) is 10.3. The molecule has 0 spiro atoms. The Labute approximate surface area is 224 Å². The average Bonchev–Trinajstić information content (AvgIpc) is 3.43. The van der Waals surface area contributed by atoms with Gasteiger partial charge in [-0.25, -0.2) is 4.98 Å². The van der Waals surface area contributed by atoms with Crippen molar-refractivity contribution in [3.05, 3.63) is 127 Å². The van der Waals surface area contributed by atoms with Crippen molar-refractivity contribution in [2.45, 2.75) is 0 Å². The zero-order valence-corrected chi connectivity index (χ0v) is 21.0. The first-order valence-corrected chi connectivity index (χ1v) is 13.3. The van der Waals surface area contributed by atoms with Gasteiger partial charge in [-0.3, -0.25) is 0 Å². The number of hydrogen-bond donors (Lipinski definition) is 0. The van der Waals surface area contributed by atoms with Crippen LogP contribution in [0, 0.1) is 0 Å². The summed E-state index contributed by atoms with van der Waals surface area (Å²) in [5, 5.41) is 12.6. The number of fused-ring (bicyclic) bond motifs is 4. The molecule has 9 aromatic rings. The van der Waals surface area contributed by atoms with Crippen LogP contribution in [0.15, 0.2) is 132 Å². The van der Waals surface area contributed by atoms with Crippen LogP contribution in [0.4, 0.5) is 0 Å². The first-order valence-electron chi connectivity index (χ1n) is 13.3. The van der Waals surface area contributed by atoms with Gasteiger partial charge in [-0.2, -0.15) is 0 Å². The number of benzene rings is 8. The topological polar surface area (TPSA) is 26.0 Å². The zero-order valence-electron chi connectivity index (χ0n) is 21.0. The molecule has 0 aliphatic heterocycles. The highest BCUT2D eigenvalue weighted by Crippen LogP contribution is 2.44. The second kappa shape index (κ2) is 7.66. The Morgan fingerprint density at radius 3 is 1.82 bits per heavy atom. The van der Waals surface area contributed by atoms with Gasteiger partial charge < -0.3 is 4.42 Å². The molecule has 1 aromatic heterocycles. The van der Waals surface area contributed by atoms with Crippen LogP contribution in [-0.4, -0.2) is 4.98 Å². The molecule has 8 aromatic carbocycles. The summed E-state index contributed by atoms with van der Waals surface area (Å²) in [7, 11) is 0. The summed E-state index contributed by atoms with van der Waals surface area (Å²) in [6, 6.07) is 45.7. The van der Waals surface area contributed by atoms with Gasteiger partial charge in [0.1, 0.15) is 5.52 Å². The molecule has 180 valence electrons. The summed E-state index contributed by atoms with van der Waals surface area (Å²) in [5.74, 6) is 0.662. The van der Waals surface area contributed by atoms with Crippen LogP contribution >= 0.6 is 0 Å². The van der Waals surface area contributed by atoms with Gasteiger partial charge in [-0.1, -0.05) is 103 Å². The molecule has 0 saturated carbocycles. The lowest BCUT2D eigenvalue weighted by Crippen LogP contribution is -1.90. The van der Waals surface area contributed by atoms with Gasteiger partial charge >= 0.3 is 0 Å². The standard InChI is InChI=1S/C37H21NO/c1-2-8-25-24(7-1)21-32(27-10-4-3-9-26(25)27)28-17-13-22-15-19-30-31(37-38-33-11-5-6-12-34(33)39-37)20-16-23-14-18-29(28)35(22)36(23)30/h1-21H. The van der Waals surface area contributed by atoms with Crippen LogP contribution in [0.1, 0.15) is 0 Å². The number of nitrogens with zero attached hydrogens (tertiary/aromatic N) is 1.